The van der Waals surface area contributed by atoms with Crippen LogP contribution in [0.15, 0.2) is 126 Å². The Morgan fingerprint density at radius 1 is 0.692 bits per heavy atom. The van der Waals surface area contributed by atoms with Gasteiger partial charge in [0, 0.05) is 55.3 Å². The second-order valence-electron chi connectivity index (χ2n) is 13.3. The van der Waals surface area contributed by atoms with Crippen LogP contribution in [-0.4, -0.2) is 20.9 Å². The number of benzene rings is 4. The van der Waals surface area contributed by atoms with Gasteiger partial charge in [-0.15, -0.1) is 0 Å². The molecular formula is C43H38N5O3S+. The summed E-state index contributed by atoms with van der Waals surface area (Å²) in [7, 11) is 0. The highest BCUT2D eigenvalue weighted by molar-refractivity contribution is 7.11. The number of hydrogen-bond donors (Lipinski definition) is 2. The van der Waals surface area contributed by atoms with E-state index in [2.05, 4.69) is 106 Å². The summed E-state index contributed by atoms with van der Waals surface area (Å²) in [6.07, 6.45) is 5.53. The van der Waals surface area contributed by atoms with Crippen LogP contribution in [0.25, 0.3) is 27.5 Å². The van der Waals surface area contributed by atoms with E-state index in [1.54, 1.807) is 13.0 Å². The van der Waals surface area contributed by atoms with Crippen LogP contribution in [0.5, 0.6) is 0 Å². The maximum atomic E-state index is 13.9. The van der Waals surface area contributed by atoms with E-state index in [0.717, 1.165) is 44.4 Å². The van der Waals surface area contributed by atoms with Crippen LogP contribution in [-0.2, 0) is 13.1 Å². The van der Waals surface area contributed by atoms with E-state index in [1.165, 1.54) is 34.3 Å². The van der Waals surface area contributed by atoms with E-state index in [0.29, 0.717) is 35.0 Å². The Hall–Kier alpha value is -6.19. The first-order valence-corrected chi connectivity index (χ1v) is 18.1. The van der Waals surface area contributed by atoms with E-state index in [-0.39, 0.29) is 11.8 Å². The van der Waals surface area contributed by atoms with Crippen molar-refractivity contribution in [2.75, 3.05) is 10.6 Å². The summed E-state index contributed by atoms with van der Waals surface area (Å²) >= 11 is 1.40. The lowest BCUT2D eigenvalue weighted by atomic mass is 10.1. The van der Waals surface area contributed by atoms with Crippen molar-refractivity contribution < 1.29 is 18.6 Å². The van der Waals surface area contributed by atoms with Gasteiger partial charge in [-0.3, -0.25) is 9.59 Å². The molecule has 2 amide bonds. The van der Waals surface area contributed by atoms with Gasteiger partial charge in [0.2, 0.25) is 16.9 Å². The van der Waals surface area contributed by atoms with Crippen LogP contribution in [0.2, 0.25) is 0 Å². The van der Waals surface area contributed by atoms with Crippen molar-refractivity contribution in [3.63, 3.8) is 0 Å². The number of anilines is 2. The Balaban J connectivity index is 1.10. The molecule has 0 aliphatic rings. The lowest BCUT2D eigenvalue weighted by Gasteiger charge is -2.06. The number of hydrogen-bond acceptors (Lipinski definition) is 4. The van der Waals surface area contributed by atoms with Crippen molar-refractivity contribution in [2.45, 2.75) is 40.8 Å². The molecule has 52 heavy (non-hydrogen) atoms. The van der Waals surface area contributed by atoms with Gasteiger partial charge in [0.05, 0.1) is 34.2 Å². The highest BCUT2D eigenvalue weighted by Gasteiger charge is 2.25. The minimum absolute atomic E-state index is 0.159. The second-order valence-corrected chi connectivity index (χ2v) is 14.2. The number of amides is 2. The summed E-state index contributed by atoms with van der Waals surface area (Å²) < 4.78 is 11.8. The SMILES string of the molecule is Cc1ccc(Cn2cc(NC(=O)c3ccoc3C)c3cc(-[n+]4csc(C(=O)Nc5cn(Cc6ccc(C)cc6)c6ccccc56)c4C)ccc32)cc1. The number of fused-ring (bicyclic) bond motifs is 2. The van der Waals surface area contributed by atoms with Gasteiger partial charge in [0.15, 0.2) is 4.88 Å². The molecule has 8 aromatic rings. The average molecular weight is 705 g/mol. The monoisotopic (exact) mass is 704 g/mol. The van der Waals surface area contributed by atoms with Gasteiger partial charge in [-0.1, -0.05) is 89.2 Å². The topological polar surface area (TPSA) is 85.1 Å². The molecule has 0 saturated heterocycles. The first-order valence-electron chi connectivity index (χ1n) is 17.2. The predicted molar refractivity (Wildman–Crippen MR) is 208 cm³/mol. The molecule has 0 spiro atoms. The predicted octanol–water partition coefficient (Wildman–Crippen LogP) is 9.36. The molecule has 0 aliphatic carbocycles. The molecule has 9 heteroatoms. The van der Waals surface area contributed by atoms with Gasteiger partial charge in [0.1, 0.15) is 5.76 Å². The average Bonchev–Trinajstić information content (AvgIpc) is 3.92. The number of carbonyl (C=O) groups is 2. The van der Waals surface area contributed by atoms with Gasteiger partial charge in [-0.2, -0.15) is 4.57 Å². The van der Waals surface area contributed by atoms with Crippen LogP contribution in [0.4, 0.5) is 11.4 Å². The second kappa shape index (κ2) is 13.5. The van der Waals surface area contributed by atoms with Crippen molar-refractivity contribution in [3.05, 3.63) is 165 Å². The van der Waals surface area contributed by atoms with Gasteiger partial charge >= 0.3 is 0 Å². The molecule has 0 fully saturated rings. The van der Waals surface area contributed by atoms with E-state index in [1.807, 2.05) is 47.6 Å². The van der Waals surface area contributed by atoms with Crippen molar-refractivity contribution in [2.24, 2.45) is 0 Å². The number of para-hydroxylation sites is 1. The van der Waals surface area contributed by atoms with Crippen molar-refractivity contribution in [3.8, 4) is 5.69 Å². The van der Waals surface area contributed by atoms with Crippen molar-refractivity contribution in [1.82, 2.24) is 9.13 Å². The van der Waals surface area contributed by atoms with Gasteiger partial charge < -0.3 is 24.2 Å². The number of carbonyl (C=O) groups excluding carboxylic acids is 2. The molecule has 258 valence electrons. The van der Waals surface area contributed by atoms with E-state index in [9.17, 15) is 9.59 Å². The van der Waals surface area contributed by atoms with Crippen molar-refractivity contribution in [1.29, 1.82) is 0 Å². The van der Waals surface area contributed by atoms with Crippen LogP contribution in [0.1, 0.15) is 53.7 Å². The van der Waals surface area contributed by atoms with Crippen molar-refractivity contribution >= 4 is 56.3 Å². The highest BCUT2D eigenvalue weighted by Crippen LogP contribution is 2.31. The zero-order valence-corrected chi connectivity index (χ0v) is 30.3. The normalized spacial score (nSPS) is 11.4. The molecular weight excluding hydrogens is 667 g/mol. The number of aryl methyl sites for hydroxylation is 3. The zero-order valence-electron chi connectivity index (χ0n) is 29.4. The van der Waals surface area contributed by atoms with Crippen LogP contribution in [0.3, 0.4) is 0 Å². The molecule has 0 radical (unpaired) electrons. The fourth-order valence-corrected chi connectivity index (χ4v) is 7.68. The molecule has 0 unspecified atom stereocenters. The summed E-state index contributed by atoms with van der Waals surface area (Å²) in [5, 5.41) is 8.22. The molecule has 4 aromatic heterocycles. The standard InChI is InChI=1S/C43H37N5O3S/c1-27-9-13-31(14-10-27)22-46-24-37(35-7-5-6-8-39(35)46)45-43(50)41-29(3)48(26-52-41)33-17-18-40-36(21-33)38(44-42(49)34-19-20-51-30(34)4)25-47(40)23-32-15-11-28(2)12-16-32/h5-21,24-26H,22-23H2,1-4H3,(H-,44,45,49,50)/p+1. The lowest BCUT2D eigenvalue weighted by Crippen LogP contribution is -2.32. The molecule has 4 aromatic carbocycles. The molecule has 0 bridgehead atoms. The zero-order chi connectivity index (χ0) is 35.9. The summed E-state index contributed by atoms with van der Waals surface area (Å²) in [4.78, 5) is 27.8. The number of aromatic nitrogens is 3. The van der Waals surface area contributed by atoms with E-state index < -0.39 is 0 Å². The Labute approximate surface area is 305 Å². The number of rotatable bonds is 9. The van der Waals surface area contributed by atoms with Gasteiger partial charge in [0.25, 0.3) is 11.8 Å². The summed E-state index contributed by atoms with van der Waals surface area (Å²) in [5.41, 5.74) is 12.5. The molecule has 0 atom stereocenters. The maximum Gasteiger partial charge on any atom is 0.272 e. The smallest absolute Gasteiger partial charge is 0.272 e. The number of nitrogens with zero attached hydrogens (tertiary/aromatic N) is 3. The Kier molecular flexibility index (Phi) is 8.56. The molecule has 4 heterocycles. The van der Waals surface area contributed by atoms with Crippen LogP contribution < -0.4 is 15.2 Å². The third-order valence-electron chi connectivity index (χ3n) is 9.65. The summed E-state index contributed by atoms with van der Waals surface area (Å²) in [6.45, 7) is 9.25. The Morgan fingerprint density at radius 2 is 1.29 bits per heavy atom. The summed E-state index contributed by atoms with van der Waals surface area (Å²) in [6, 6.07) is 33.0. The molecule has 0 aliphatic heterocycles. The minimum Gasteiger partial charge on any atom is -0.469 e. The molecule has 8 nitrogen and oxygen atoms in total. The van der Waals surface area contributed by atoms with Gasteiger partial charge in [-0.05, 0) is 50.1 Å². The fraction of sp³-hybridized carbons (Fsp3) is 0.140. The Bertz CT molecular complexity index is 2600. The number of nitrogens with one attached hydrogen (secondary N) is 2. The van der Waals surface area contributed by atoms with Crippen LogP contribution >= 0.6 is 11.3 Å². The maximum absolute atomic E-state index is 13.9. The lowest BCUT2D eigenvalue weighted by molar-refractivity contribution is -0.597. The minimum atomic E-state index is -0.232. The quantitative estimate of drug-likeness (QED) is 0.147. The molecule has 2 N–H and O–H groups in total. The van der Waals surface area contributed by atoms with E-state index in [4.69, 9.17) is 4.42 Å². The van der Waals surface area contributed by atoms with Crippen LogP contribution in [0, 0.1) is 27.7 Å². The van der Waals surface area contributed by atoms with Gasteiger partial charge in [-0.25, -0.2) is 0 Å². The molecule has 8 rings (SSSR count). The highest BCUT2D eigenvalue weighted by atomic mass is 32.1. The fourth-order valence-electron chi connectivity index (χ4n) is 6.76. The van der Waals surface area contributed by atoms with E-state index >= 15 is 0 Å². The third-order valence-corrected chi connectivity index (χ3v) is 10.7. The third kappa shape index (κ3) is 6.31. The number of thiazole rings is 1. The largest absolute Gasteiger partial charge is 0.469 e. The number of furan rings is 1. The summed E-state index contributed by atoms with van der Waals surface area (Å²) in [5.74, 6) is 0.172. The Morgan fingerprint density at radius 3 is 1.92 bits per heavy atom. The molecule has 0 saturated carbocycles. The first kappa shape index (κ1) is 33.0. The first-order chi connectivity index (χ1) is 25.2.